The first-order valence-corrected chi connectivity index (χ1v) is 20.4. The molecular formula is C46H59N7O5. The van der Waals surface area contributed by atoms with E-state index in [0.717, 1.165) is 35.2 Å². The van der Waals surface area contributed by atoms with E-state index in [1.54, 1.807) is 28.9 Å². The fourth-order valence-electron chi connectivity index (χ4n) is 8.71. The van der Waals surface area contributed by atoms with Gasteiger partial charge < -0.3 is 30.8 Å². The Kier molecular flexibility index (Phi) is 13.0. The molecule has 1 saturated heterocycles. The van der Waals surface area contributed by atoms with E-state index in [4.69, 9.17) is 25.7 Å². The highest BCUT2D eigenvalue weighted by Gasteiger charge is 2.59. The summed E-state index contributed by atoms with van der Waals surface area (Å²) in [6, 6.07) is 29.1. The van der Waals surface area contributed by atoms with Gasteiger partial charge in [-0.3, -0.25) is 4.79 Å². The molecular weight excluding hydrogens is 731 g/mol. The Morgan fingerprint density at radius 3 is 2.10 bits per heavy atom. The van der Waals surface area contributed by atoms with Crippen LogP contribution in [0.25, 0.3) is 11.0 Å². The Morgan fingerprint density at radius 1 is 0.862 bits per heavy atom. The van der Waals surface area contributed by atoms with Gasteiger partial charge in [0.25, 0.3) is 0 Å². The molecule has 0 saturated carbocycles. The average molecular weight is 790 g/mol. The fourth-order valence-corrected chi connectivity index (χ4v) is 8.71. The van der Waals surface area contributed by atoms with Gasteiger partial charge in [-0.2, -0.15) is 10.2 Å². The van der Waals surface area contributed by atoms with Gasteiger partial charge in [0.05, 0.1) is 47.4 Å². The highest BCUT2D eigenvalue weighted by atomic mass is 16.6. The van der Waals surface area contributed by atoms with Crippen LogP contribution in [0.3, 0.4) is 0 Å². The van der Waals surface area contributed by atoms with Crippen molar-refractivity contribution >= 4 is 28.3 Å². The van der Waals surface area contributed by atoms with Crippen LogP contribution in [-0.4, -0.2) is 58.5 Å². The third kappa shape index (κ3) is 8.11. The van der Waals surface area contributed by atoms with Gasteiger partial charge in [-0.25, -0.2) is 14.0 Å². The topological polar surface area (TPSA) is 165 Å². The van der Waals surface area contributed by atoms with Gasteiger partial charge in [0, 0.05) is 18.0 Å². The van der Waals surface area contributed by atoms with Gasteiger partial charge >= 0.3 is 0 Å². The molecule has 4 aromatic heterocycles. The molecule has 12 nitrogen and oxygen atoms in total. The zero-order chi connectivity index (χ0) is 41.7. The number of hydrogen-bond acceptors (Lipinski definition) is 10. The number of ether oxygens (including phenoxy) is 3. The molecule has 0 amide bonds. The number of ketones is 1. The van der Waals surface area contributed by atoms with Gasteiger partial charge in [0.2, 0.25) is 5.78 Å². The van der Waals surface area contributed by atoms with Crippen molar-refractivity contribution in [1.82, 2.24) is 24.2 Å². The Morgan fingerprint density at radius 2 is 1.48 bits per heavy atom. The molecule has 58 heavy (non-hydrogen) atoms. The summed E-state index contributed by atoms with van der Waals surface area (Å²) in [5, 5.41) is 19.8. The Labute approximate surface area is 341 Å². The van der Waals surface area contributed by atoms with Crippen molar-refractivity contribution < 1.29 is 24.1 Å². The molecule has 1 aliphatic heterocycles. The maximum Gasteiger partial charge on any atom is 0.210 e. The smallest absolute Gasteiger partial charge is 0.210 e. The van der Waals surface area contributed by atoms with Crippen molar-refractivity contribution in [3.63, 3.8) is 0 Å². The second-order valence-corrected chi connectivity index (χ2v) is 15.6. The predicted molar refractivity (Wildman–Crippen MR) is 227 cm³/mol. The molecule has 2 aromatic carbocycles. The van der Waals surface area contributed by atoms with Crippen LogP contribution in [0.1, 0.15) is 101 Å². The lowest BCUT2D eigenvalue weighted by molar-refractivity contribution is -0.139. The summed E-state index contributed by atoms with van der Waals surface area (Å²) in [7, 11) is 0. The van der Waals surface area contributed by atoms with Crippen LogP contribution < -0.4 is 11.5 Å². The van der Waals surface area contributed by atoms with Crippen molar-refractivity contribution in [3.05, 3.63) is 126 Å². The van der Waals surface area contributed by atoms with Crippen molar-refractivity contribution in [2.75, 3.05) is 11.5 Å². The number of hydrogen-bond donors (Lipinski definition) is 3. The minimum atomic E-state index is -1.00. The lowest BCUT2D eigenvalue weighted by atomic mass is 9.79. The maximum absolute atomic E-state index is 13.5. The standard InChI is InChI=1S/C23H30N4O2.C23H29N3O3/c1-5-23(6-2)16(3)20(28-14-17-10-8-7-9-11-17)22(4,29-23)19-13-12-18-21(24)25-15-26-27(18)19;1-4-23(28,5-2)16(3)22(29-15-17-9-7-6-8-10-17)21(27)20-12-11-19-18(24)13-14-25-26(19)20/h7-13,15-16,20H,5-6,14H2,1-4H3,(H2,24,25,26);6-14,16,22,28H,4-5,15,24H2,1-3H3/t16-,20+,22?;16-,22+/m00/s1. The quantitative estimate of drug-likeness (QED) is 0.0864. The van der Waals surface area contributed by atoms with Crippen LogP contribution in [0.2, 0.25) is 0 Å². The maximum atomic E-state index is 13.5. The lowest BCUT2D eigenvalue weighted by Crippen LogP contribution is -2.46. The summed E-state index contributed by atoms with van der Waals surface area (Å²) in [6.07, 6.45) is 5.01. The number of nitrogen functional groups attached to an aromatic ring is 2. The summed E-state index contributed by atoms with van der Waals surface area (Å²) < 4.78 is 23.0. The third-order valence-corrected chi connectivity index (χ3v) is 12.6. The largest absolute Gasteiger partial charge is 0.397 e. The molecule has 308 valence electrons. The van der Waals surface area contributed by atoms with E-state index < -0.39 is 23.2 Å². The van der Waals surface area contributed by atoms with Gasteiger partial charge in [-0.15, -0.1) is 0 Å². The van der Waals surface area contributed by atoms with Crippen LogP contribution in [0.15, 0.2) is 104 Å². The summed E-state index contributed by atoms with van der Waals surface area (Å²) in [4.78, 5) is 17.6. The number of nitrogens with zero attached hydrogens (tertiary/aromatic N) is 5. The highest BCUT2D eigenvalue weighted by molar-refractivity contribution is 6.00. The summed E-state index contributed by atoms with van der Waals surface area (Å²) >= 11 is 0. The molecule has 6 aromatic rings. The van der Waals surface area contributed by atoms with E-state index in [2.05, 4.69) is 55.0 Å². The van der Waals surface area contributed by atoms with Crippen LogP contribution in [0.4, 0.5) is 11.5 Å². The Balaban J connectivity index is 0.000000196. The number of rotatable bonds is 15. The zero-order valence-corrected chi connectivity index (χ0v) is 34.8. The first kappa shape index (κ1) is 42.5. The Hall–Kier alpha value is -5.14. The molecule has 1 aliphatic rings. The minimum Gasteiger partial charge on any atom is -0.397 e. The number of Topliss-reactive ketones (excluding diaryl/α,β-unsaturated/α-hetero) is 1. The predicted octanol–water partition coefficient (Wildman–Crippen LogP) is 8.21. The van der Waals surface area contributed by atoms with Crippen LogP contribution in [0, 0.1) is 11.8 Å². The summed E-state index contributed by atoms with van der Waals surface area (Å²) in [5.74, 6) is 0.0584. The molecule has 0 bridgehead atoms. The molecule has 5 N–H and O–H groups in total. The molecule has 1 unspecified atom stereocenters. The average Bonchev–Trinajstić information content (AvgIpc) is 3.95. The number of anilines is 2. The monoisotopic (exact) mass is 789 g/mol. The van der Waals surface area contributed by atoms with Gasteiger partial charge in [0.1, 0.15) is 29.2 Å². The number of benzene rings is 2. The third-order valence-electron chi connectivity index (χ3n) is 12.6. The number of carbonyl (C=O) groups excluding carboxylic acids is 1. The fraction of sp³-hybridized carbons (Fsp3) is 0.435. The summed E-state index contributed by atoms with van der Waals surface area (Å²) in [6.45, 7) is 15.3. The van der Waals surface area contributed by atoms with E-state index in [-0.39, 0.29) is 30.0 Å². The van der Waals surface area contributed by atoms with E-state index in [9.17, 15) is 9.90 Å². The van der Waals surface area contributed by atoms with E-state index in [0.29, 0.717) is 42.2 Å². The van der Waals surface area contributed by atoms with E-state index in [1.165, 1.54) is 6.33 Å². The molecule has 0 aliphatic carbocycles. The van der Waals surface area contributed by atoms with E-state index in [1.807, 2.05) is 86.0 Å². The second kappa shape index (κ2) is 17.8. The first-order chi connectivity index (χ1) is 27.9. The van der Waals surface area contributed by atoms with Crippen molar-refractivity contribution in [1.29, 1.82) is 0 Å². The molecule has 7 rings (SSSR count). The zero-order valence-electron chi connectivity index (χ0n) is 34.8. The van der Waals surface area contributed by atoms with Gasteiger partial charge in [-0.1, -0.05) is 102 Å². The van der Waals surface area contributed by atoms with Gasteiger partial charge in [0.15, 0.2) is 5.82 Å². The van der Waals surface area contributed by atoms with Crippen LogP contribution in [0.5, 0.6) is 0 Å². The number of aromatic nitrogens is 5. The number of nitrogens with two attached hydrogens (primary N) is 2. The highest BCUT2D eigenvalue weighted by Crippen LogP contribution is 2.52. The minimum absolute atomic E-state index is 0.128. The van der Waals surface area contributed by atoms with Crippen LogP contribution in [-0.2, 0) is 33.0 Å². The molecule has 5 heterocycles. The van der Waals surface area contributed by atoms with Crippen molar-refractivity contribution in [2.45, 2.75) is 116 Å². The number of fused-ring (bicyclic) bond motifs is 2. The normalized spacial score (nSPS) is 20.1. The van der Waals surface area contributed by atoms with Crippen LogP contribution >= 0.6 is 0 Å². The lowest BCUT2D eigenvalue weighted by Gasteiger charge is -2.36. The molecule has 12 heteroatoms. The molecule has 0 spiro atoms. The summed E-state index contributed by atoms with van der Waals surface area (Å²) in [5.41, 5.74) is 15.6. The van der Waals surface area contributed by atoms with E-state index >= 15 is 0 Å². The SMILES string of the molecule is CCC(O)(CC)[C@@H](C)[C@@H](OCc1ccccc1)C(=O)c1ccc2c(N)ccnn12.CCC1(CC)OC(C)(c2ccc3c(N)ncnn23)[C@H](OCc2ccccc2)[C@@H]1C. The molecule has 1 fully saturated rings. The molecule has 5 atom stereocenters. The van der Waals surface area contributed by atoms with Crippen molar-refractivity contribution in [3.8, 4) is 0 Å². The molecule has 0 radical (unpaired) electrons. The van der Waals surface area contributed by atoms with Gasteiger partial charge in [-0.05, 0) is 74.1 Å². The number of aliphatic hydroxyl groups is 1. The first-order valence-electron chi connectivity index (χ1n) is 20.4. The number of carbonyl (C=O) groups is 1. The Bertz CT molecular complexity index is 2270. The second-order valence-electron chi connectivity index (χ2n) is 15.6. The van der Waals surface area contributed by atoms with Crippen molar-refractivity contribution in [2.24, 2.45) is 11.8 Å².